The zero-order chi connectivity index (χ0) is 15.0. The molecule has 0 aliphatic carbocycles. The number of guanidine groups is 1. The maximum absolute atomic E-state index is 5.64. The molecule has 0 atom stereocenters. The molecule has 0 spiro atoms. The van der Waals surface area contributed by atoms with Crippen LogP contribution in [0.25, 0.3) is 0 Å². The fourth-order valence-electron chi connectivity index (χ4n) is 1.69. The van der Waals surface area contributed by atoms with Crippen LogP contribution in [0.5, 0.6) is 5.75 Å². The van der Waals surface area contributed by atoms with Gasteiger partial charge < -0.3 is 15.4 Å². The number of halogens is 1. The summed E-state index contributed by atoms with van der Waals surface area (Å²) in [6.45, 7) is 9.91. The summed E-state index contributed by atoms with van der Waals surface area (Å²) < 4.78 is 5.64. The molecule has 120 valence electrons. The monoisotopic (exact) mass is 405 g/mol. The quantitative estimate of drug-likeness (QED) is 0.448. The van der Waals surface area contributed by atoms with Crippen LogP contribution in [0.15, 0.2) is 29.3 Å². The van der Waals surface area contributed by atoms with Gasteiger partial charge in [0, 0.05) is 19.1 Å². The molecule has 0 aliphatic rings. The molecule has 1 rings (SSSR count). The Morgan fingerprint density at radius 1 is 1.29 bits per heavy atom. The maximum atomic E-state index is 5.64. The van der Waals surface area contributed by atoms with E-state index in [1.54, 1.807) is 7.05 Å². The van der Waals surface area contributed by atoms with Gasteiger partial charge >= 0.3 is 0 Å². The molecular formula is C16H28IN3O. The summed E-state index contributed by atoms with van der Waals surface area (Å²) in [4.78, 5) is 4.22. The number of nitrogens with one attached hydrogen (secondary N) is 2. The predicted molar refractivity (Wildman–Crippen MR) is 101 cm³/mol. The van der Waals surface area contributed by atoms with Gasteiger partial charge in [0.25, 0.3) is 0 Å². The Morgan fingerprint density at radius 2 is 2.00 bits per heavy atom. The molecule has 21 heavy (non-hydrogen) atoms. The average molecular weight is 405 g/mol. The summed E-state index contributed by atoms with van der Waals surface area (Å²) in [7, 11) is 1.78. The van der Waals surface area contributed by atoms with Gasteiger partial charge in [-0.05, 0) is 44.9 Å². The molecule has 4 nitrogen and oxygen atoms in total. The summed E-state index contributed by atoms with van der Waals surface area (Å²) in [5, 5.41) is 6.64. The van der Waals surface area contributed by atoms with Crippen molar-refractivity contribution in [1.82, 2.24) is 10.6 Å². The molecule has 0 heterocycles. The van der Waals surface area contributed by atoms with Gasteiger partial charge in [-0.2, -0.15) is 0 Å². The Bertz CT molecular complexity index is 441. The number of benzene rings is 1. The van der Waals surface area contributed by atoms with Crippen LogP contribution < -0.4 is 15.4 Å². The second-order valence-corrected chi connectivity index (χ2v) is 5.80. The van der Waals surface area contributed by atoms with Crippen LogP contribution in [0.2, 0.25) is 0 Å². The lowest BCUT2D eigenvalue weighted by Gasteiger charge is -2.23. The summed E-state index contributed by atoms with van der Waals surface area (Å²) in [5.74, 6) is 1.72. The van der Waals surface area contributed by atoms with Crippen molar-refractivity contribution in [3.8, 4) is 5.75 Å². The Hall–Kier alpha value is -0.980. The number of hydrogen-bond donors (Lipinski definition) is 2. The van der Waals surface area contributed by atoms with Gasteiger partial charge in [-0.25, -0.2) is 0 Å². The number of ether oxygens (including phenoxy) is 1. The first kappa shape index (κ1) is 20.0. The van der Waals surface area contributed by atoms with Crippen molar-refractivity contribution in [3.63, 3.8) is 0 Å². The number of aliphatic imine (C=N–C) groups is 1. The van der Waals surface area contributed by atoms with Crippen molar-refractivity contribution in [2.24, 2.45) is 4.99 Å². The molecule has 0 fully saturated rings. The Balaban J connectivity index is 0.00000400. The third kappa shape index (κ3) is 8.80. The molecule has 0 unspecified atom stereocenters. The van der Waals surface area contributed by atoms with E-state index in [-0.39, 0.29) is 29.5 Å². The van der Waals surface area contributed by atoms with Gasteiger partial charge in [-0.1, -0.05) is 19.1 Å². The van der Waals surface area contributed by atoms with E-state index in [0.29, 0.717) is 0 Å². The van der Waals surface area contributed by atoms with Crippen molar-refractivity contribution in [2.75, 3.05) is 13.7 Å². The molecular weight excluding hydrogens is 377 g/mol. The molecule has 2 N–H and O–H groups in total. The highest BCUT2D eigenvalue weighted by atomic mass is 127. The summed E-state index contributed by atoms with van der Waals surface area (Å²) >= 11 is 0. The second-order valence-electron chi connectivity index (χ2n) is 5.80. The van der Waals surface area contributed by atoms with E-state index in [2.05, 4.69) is 55.5 Å². The minimum absolute atomic E-state index is 0. The third-order valence-corrected chi connectivity index (χ3v) is 2.55. The maximum Gasteiger partial charge on any atom is 0.191 e. The molecule has 1 aromatic rings. The summed E-state index contributed by atoms with van der Waals surface area (Å²) in [6.07, 6.45) is 1.02. The third-order valence-electron chi connectivity index (χ3n) is 2.55. The van der Waals surface area contributed by atoms with Crippen molar-refractivity contribution < 1.29 is 4.74 Å². The van der Waals surface area contributed by atoms with Crippen molar-refractivity contribution in [1.29, 1.82) is 0 Å². The first-order valence-electron chi connectivity index (χ1n) is 7.15. The van der Waals surface area contributed by atoms with E-state index in [1.165, 1.54) is 5.56 Å². The molecule has 0 radical (unpaired) electrons. The van der Waals surface area contributed by atoms with Crippen LogP contribution in [-0.2, 0) is 6.54 Å². The van der Waals surface area contributed by atoms with Crippen molar-refractivity contribution >= 4 is 29.9 Å². The van der Waals surface area contributed by atoms with Crippen LogP contribution in [-0.4, -0.2) is 25.2 Å². The minimum atomic E-state index is -0.00602. The lowest BCUT2D eigenvalue weighted by atomic mass is 10.1. The van der Waals surface area contributed by atoms with Crippen molar-refractivity contribution in [2.45, 2.75) is 46.2 Å². The predicted octanol–water partition coefficient (Wildman–Crippen LogP) is 3.56. The van der Waals surface area contributed by atoms with Gasteiger partial charge in [-0.3, -0.25) is 4.99 Å². The highest BCUT2D eigenvalue weighted by Crippen LogP contribution is 2.13. The van der Waals surface area contributed by atoms with Crippen LogP contribution >= 0.6 is 24.0 Å². The highest BCUT2D eigenvalue weighted by molar-refractivity contribution is 14.0. The first-order valence-corrected chi connectivity index (χ1v) is 7.15. The molecule has 0 saturated heterocycles. The van der Waals surface area contributed by atoms with E-state index in [4.69, 9.17) is 4.74 Å². The van der Waals surface area contributed by atoms with Crippen LogP contribution in [0, 0.1) is 0 Å². The van der Waals surface area contributed by atoms with Gasteiger partial charge in [0.05, 0.1) is 6.61 Å². The zero-order valence-electron chi connectivity index (χ0n) is 13.7. The number of hydrogen-bond acceptors (Lipinski definition) is 2. The van der Waals surface area contributed by atoms with E-state index in [0.717, 1.165) is 31.3 Å². The average Bonchev–Trinajstić information content (AvgIpc) is 2.40. The van der Waals surface area contributed by atoms with E-state index >= 15 is 0 Å². The van der Waals surface area contributed by atoms with Crippen LogP contribution in [0.4, 0.5) is 0 Å². The number of nitrogens with zero attached hydrogens (tertiary/aromatic N) is 1. The smallest absolute Gasteiger partial charge is 0.191 e. The molecule has 0 aromatic heterocycles. The molecule has 1 aromatic carbocycles. The Kier molecular flexibility index (Phi) is 9.41. The van der Waals surface area contributed by atoms with Gasteiger partial charge in [0.15, 0.2) is 5.96 Å². The van der Waals surface area contributed by atoms with Crippen molar-refractivity contribution in [3.05, 3.63) is 29.8 Å². The van der Waals surface area contributed by atoms with Gasteiger partial charge in [0.1, 0.15) is 5.75 Å². The zero-order valence-corrected chi connectivity index (χ0v) is 16.0. The summed E-state index contributed by atoms with van der Waals surface area (Å²) in [6, 6.07) is 8.15. The standard InChI is InChI=1S/C16H27N3O.HI/c1-6-10-20-14-9-7-8-13(11-14)12-18-15(17-5)19-16(2,3)4;/h7-9,11H,6,10,12H2,1-5H3,(H2,17,18,19);1H. The van der Waals surface area contributed by atoms with Crippen LogP contribution in [0.3, 0.4) is 0 Å². The molecule has 0 amide bonds. The minimum Gasteiger partial charge on any atom is -0.494 e. The Labute approximate surface area is 145 Å². The fraction of sp³-hybridized carbons (Fsp3) is 0.562. The van der Waals surface area contributed by atoms with Gasteiger partial charge in [-0.15, -0.1) is 24.0 Å². The normalized spacial score (nSPS) is 11.6. The SMILES string of the molecule is CCCOc1cccc(CNC(=NC)NC(C)(C)C)c1.I. The summed E-state index contributed by atoms with van der Waals surface area (Å²) in [5.41, 5.74) is 1.17. The number of rotatable bonds is 5. The molecule has 0 bridgehead atoms. The van der Waals surface area contributed by atoms with E-state index in [9.17, 15) is 0 Å². The van der Waals surface area contributed by atoms with Crippen LogP contribution in [0.1, 0.15) is 39.7 Å². The second kappa shape index (κ2) is 9.87. The van der Waals surface area contributed by atoms with E-state index < -0.39 is 0 Å². The van der Waals surface area contributed by atoms with E-state index in [1.807, 2.05) is 12.1 Å². The Morgan fingerprint density at radius 3 is 2.57 bits per heavy atom. The first-order chi connectivity index (χ1) is 9.44. The molecule has 0 aliphatic heterocycles. The molecule has 5 heteroatoms. The highest BCUT2D eigenvalue weighted by Gasteiger charge is 2.11. The topological polar surface area (TPSA) is 45.6 Å². The fourth-order valence-corrected chi connectivity index (χ4v) is 1.69. The van der Waals surface area contributed by atoms with Gasteiger partial charge in [0.2, 0.25) is 0 Å². The largest absolute Gasteiger partial charge is 0.494 e. The lowest BCUT2D eigenvalue weighted by Crippen LogP contribution is -2.47. The lowest BCUT2D eigenvalue weighted by molar-refractivity contribution is 0.317. The molecule has 0 saturated carbocycles.